The van der Waals surface area contributed by atoms with Gasteiger partial charge in [-0.2, -0.15) is 0 Å². The highest BCUT2D eigenvalue weighted by Gasteiger charge is 2.17. The molecule has 0 radical (unpaired) electrons. The second-order valence-electron chi connectivity index (χ2n) is 6.79. The summed E-state index contributed by atoms with van der Waals surface area (Å²) >= 11 is 0. The predicted octanol–water partition coefficient (Wildman–Crippen LogP) is 6.13. The molecule has 0 amide bonds. The predicted molar refractivity (Wildman–Crippen MR) is 122 cm³/mol. The van der Waals surface area contributed by atoms with E-state index in [1.54, 1.807) is 19.2 Å². The van der Waals surface area contributed by atoms with Crippen molar-refractivity contribution in [1.29, 1.82) is 0 Å². The minimum absolute atomic E-state index is 0.405. The topological polar surface area (TPSA) is 41.4 Å². The second-order valence-corrected chi connectivity index (χ2v) is 6.79. The fraction of sp³-hybridized carbons (Fsp3) is 0.0370. The first kappa shape index (κ1) is 19.3. The zero-order chi connectivity index (χ0) is 20.8. The summed E-state index contributed by atoms with van der Waals surface area (Å²) in [5.74, 6) is 2.54. The van der Waals surface area contributed by atoms with E-state index < -0.39 is 0 Å². The van der Waals surface area contributed by atoms with Crippen LogP contribution in [0.2, 0.25) is 0 Å². The monoisotopic (exact) mass is 395 g/mol. The first-order chi connectivity index (χ1) is 14.7. The summed E-state index contributed by atoms with van der Waals surface area (Å²) in [6.07, 6.45) is 0. The van der Waals surface area contributed by atoms with E-state index >= 15 is 0 Å². The standard InChI is InChI=1S/C27H22O3/c1-29-24-17-15-22(16-18-24)27(30-25-14-8-13-23(28)19-25)26(20-9-4-2-5-10-20)21-11-6-3-7-12-21/h2-19,28H,1H3/p+1. The van der Waals surface area contributed by atoms with E-state index in [2.05, 4.69) is 24.3 Å². The summed E-state index contributed by atoms with van der Waals surface area (Å²) in [5.41, 5.74) is 4.01. The summed E-state index contributed by atoms with van der Waals surface area (Å²) in [5, 5.41) is 7.96. The Hall–Kier alpha value is -3.98. The Morgan fingerprint density at radius 3 is 1.73 bits per heavy atom. The number of hydrogen-bond donors (Lipinski definition) is 0. The van der Waals surface area contributed by atoms with Crippen LogP contribution in [0.15, 0.2) is 109 Å². The molecule has 2 N–H and O–H groups in total. The molecule has 0 spiro atoms. The lowest BCUT2D eigenvalue weighted by atomic mass is 9.94. The maximum Gasteiger partial charge on any atom is 0.257 e. The van der Waals surface area contributed by atoms with Crippen LogP contribution in [0.1, 0.15) is 16.7 Å². The van der Waals surface area contributed by atoms with Crippen molar-refractivity contribution < 1.29 is 14.6 Å². The molecular formula is C27H23O3+. The molecular weight excluding hydrogens is 372 g/mol. The minimum atomic E-state index is 0.405. The summed E-state index contributed by atoms with van der Waals surface area (Å²) < 4.78 is 11.8. The van der Waals surface area contributed by atoms with Crippen LogP contribution in [0.3, 0.4) is 0 Å². The maximum atomic E-state index is 7.96. The molecule has 4 rings (SSSR count). The van der Waals surface area contributed by atoms with Gasteiger partial charge in [-0.15, -0.1) is 0 Å². The molecule has 30 heavy (non-hydrogen) atoms. The highest BCUT2D eigenvalue weighted by Crippen LogP contribution is 2.35. The normalized spacial score (nSPS) is 10.3. The van der Waals surface area contributed by atoms with Gasteiger partial charge in [0.05, 0.1) is 13.2 Å². The summed E-state index contributed by atoms with van der Waals surface area (Å²) in [4.78, 5) is 0. The first-order valence-corrected chi connectivity index (χ1v) is 9.73. The smallest absolute Gasteiger partial charge is 0.257 e. The van der Waals surface area contributed by atoms with Crippen molar-refractivity contribution in [3.8, 4) is 17.2 Å². The van der Waals surface area contributed by atoms with Crippen molar-refractivity contribution >= 4 is 11.3 Å². The van der Waals surface area contributed by atoms with E-state index in [4.69, 9.17) is 14.6 Å². The summed E-state index contributed by atoms with van der Waals surface area (Å²) in [7, 11) is 1.65. The average molecular weight is 395 g/mol. The zero-order valence-corrected chi connectivity index (χ0v) is 16.7. The van der Waals surface area contributed by atoms with Crippen molar-refractivity contribution in [1.82, 2.24) is 0 Å². The number of ether oxygens (including phenoxy) is 2. The van der Waals surface area contributed by atoms with Crippen LogP contribution in [0, 0.1) is 0 Å². The first-order valence-electron chi connectivity index (χ1n) is 9.73. The fourth-order valence-corrected chi connectivity index (χ4v) is 3.31. The van der Waals surface area contributed by atoms with Crippen LogP contribution in [-0.4, -0.2) is 12.2 Å². The fourth-order valence-electron chi connectivity index (χ4n) is 3.31. The molecule has 0 aliphatic rings. The van der Waals surface area contributed by atoms with Crippen LogP contribution in [0.4, 0.5) is 0 Å². The van der Waals surface area contributed by atoms with Crippen LogP contribution in [0.25, 0.3) is 11.3 Å². The molecule has 3 heteroatoms. The summed E-state index contributed by atoms with van der Waals surface area (Å²) in [6.45, 7) is 0. The van der Waals surface area contributed by atoms with E-state index in [-0.39, 0.29) is 0 Å². The molecule has 148 valence electrons. The zero-order valence-electron chi connectivity index (χ0n) is 16.7. The van der Waals surface area contributed by atoms with Gasteiger partial charge >= 0.3 is 0 Å². The second kappa shape index (κ2) is 9.01. The molecule has 0 atom stereocenters. The van der Waals surface area contributed by atoms with Crippen LogP contribution in [0.5, 0.6) is 17.2 Å². The molecule has 4 aromatic carbocycles. The van der Waals surface area contributed by atoms with E-state index in [0.717, 1.165) is 33.8 Å². The minimum Gasteiger partial charge on any atom is -0.593 e. The molecule has 0 aromatic heterocycles. The Morgan fingerprint density at radius 2 is 1.20 bits per heavy atom. The molecule has 0 aliphatic carbocycles. The van der Waals surface area contributed by atoms with Gasteiger partial charge in [0.1, 0.15) is 17.3 Å². The van der Waals surface area contributed by atoms with Gasteiger partial charge in [0.15, 0.2) is 0 Å². The van der Waals surface area contributed by atoms with Crippen LogP contribution >= 0.6 is 0 Å². The van der Waals surface area contributed by atoms with E-state index in [1.807, 2.05) is 72.8 Å². The van der Waals surface area contributed by atoms with Gasteiger partial charge in [0, 0.05) is 17.2 Å². The van der Waals surface area contributed by atoms with Crippen molar-refractivity contribution in [2.45, 2.75) is 0 Å². The Bertz CT molecular complexity index is 1090. The lowest BCUT2D eigenvalue weighted by Crippen LogP contribution is -2.02. The summed E-state index contributed by atoms with van der Waals surface area (Å²) in [6, 6.07) is 35.4. The Labute approximate surface area is 176 Å². The molecule has 0 saturated heterocycles. The van der Waals surface area contributed by atoms with E-state index in [1.165, 1.54) is 0 Å². The van der Waals surface area contributed by atoms with Crippen molar-refractivity contribution in [3.05, 3.63) is 126 Å². The molecule has 0 fully saturated rings. The molecule has 0 saturated carbocycles. The number of rotatable bonds is 6. The quantitative estimate of drug-likeness (QED) is 0.224. The van der Waals surface area contributed by atoms with Gasteiger partial charge in [-0.25, -0.2) is 0 Å². The highest BCUT2D eigenvalue weighted by atomic mass is 16.5. The molecule has 0 aliphatic heterocycles. The lowest BCUT2D eigenvalue weighted by Gasteiger charge is -2.18. The van der Waals surface area contributed by atoms with Gasteiger partial charge in [-0.3, -0.25) is 0 Å². The molecule has 0 heterocycles. The highest BCUT2D eigenvalue weighted by molar-refractivity contribution is 5.96. The van der Waals surface area contributed by atoms with Crippen molar-refractivity contribution in [2.24, 2.45) is 0 Å². The Kier molecular flexibility index (Phi) is 5.81. The number of benzene rings is 4. The molecule has 4 aromatic rings. The number of hydrogen-bond acceptors (Lipinski definition) is 2. The third-order valence-electron chi connectivity index (χ3n) is 4.76. The van der Waals surface area contributed by atoms with Crippen LogP contribution < -0.4 is 9.47 Å². The Morgan fingerprint density at radius 1 is 0.600 bits per heavy atom. The average Bonchev–Trinajstić information content (AvgIpc) is 2.80. The van der Waals surface area contributed by atoms with Gasteiger partial charge in [-0.05, 0) is 47.5 Å². The number of methoxy groups -OCH3 is 1. The Balaban J connectivity index is 1.96. The van der Waals surface area contributed by atoms with E-state index in [9.17, 15) is 0 Å². The molecule has 0 bridgehead atoms. The van der Waals surface area contributed by atoms with Gasteiger partial charge in [0.2, 0.25) is 0 Å². The van der Waals surface area contributed by atoms with Gasteiger partial charge in [-0.1, -0.05) is 60.7 Å². The van der Waals surface area contributed by atoms with E-state index in [0.29, 0.717) is 11.5 Å². The maximum absolute atomic E-state index is 7.96. The van der Waals surface area contributed by atoms with Gasteiger partial charge in [0.25, 0.3) is 5.75 Å². The van der Waals surface area contributed by atoms with Crippen LogP contribution in [-0.2, 0) is 0 Å². The third-order valence-corrected chi connectivity index (χ3v) is 4.76. The lowest BCUT2D eigenvalue weighted by molar-refractivity contribution is 0.414. The molecule has 3 nitrogen and oxygen atoms in total. The van der Waals surface area contributed by atoms with Gasteiger partial charge < -0.3 is 14.6 Å². The largest absolute Gasteiger partial charge is 0.593 e. The third kappa shape index (κ3) is 4.36. The molecule has 0 unspecified atom stereocenters. The van der Waals surface area contributed by atoms with Crippen molar-refractivity contribution in [2.75, 3.05) is 7.11 Å². The van der Waals surface area contributed by atoms with Crippen molar-refractivity contribution in [3.63, 3.8) is 0 Å². The SMILES string of the molecule is COc1ccc(C(Oc2cccc([OH2+])c2)=C(c2ccccc2)c2ccccc2)cc1.